The Bertz CT molecular complexity index is 794. The fourth-order valence-corrected chi connectivity index (χ4v) is 2.17. The summed E-state index contributed by atoms with van der Waals surface area (Å²) < 4.78 is 6.56. The van der Waals surface area contributed by atoms with E-state index in [-0.39, 0.29) is 5.91 Å². The summed E-state index contributed by atoms with van der Waals surface area (Å²) in [4.78, 5) is 16.4. The van der Waals surface area contributed by atoms with Gasteiger partial charge in [0.2, 0.25) is 17.7 Å². The summed E-state index contributed by atoms with van der Waals surface area (Å²) in [7, 11) is 0. The zero-order valence-corrected chi connectivity index (χ0v) is 13.2. The topological polar surface area (TPSA) is 73.0 Å². The lowest BCUT2D eigenvalue weighted by Gasteiger charge is -2.06. The van der Waals surface area contributed by atoms with Gasteiger partial charge in [-0.2, -0.15) is 9.67 Å². The number of benzene rings is 1. The number of carbonyl (C=O) groups is 1. The number of nitrogens with one attached hydrogen (secondary N) is 1. The van der Waals surface area contributed by atoms with Crippen LogP contribution in [-0.4, -0.2) is 20.7 Å². The minimum Gasteiger partial charge on any atom is -0.461 e. The van der Waals surface area contributed by atoms with Crippen molar-refractivity contribution in [1.29, 1.82) is 0 Å². The molecule has 3 aromatic rings. The molecule has 0 saturated carbocycles. The molecule has 6 nitrogen and oxygen atoms in total. The molecule has 118 valence electrons. The Balaban J connectivity index is 1.84. The predicted octanol–water partition coefficient (Wildman–Crippen LogP) is 3.85. The van der Waals surface area contributed by atoms with E-state index in [0.29, 0.717) is 35.5 Å². The lowest BCUT2D eigenvalue weighted by Crippen LogP contribution is -2.15. The van der Waals surface area contributed by atoms with Crippen molar-refractivity contribution in [1.82, 2.24) is 14.8 Å². The zero-order valence-electron chi connectivity index (χ0n) is 12.5. The van der Waals surface area contributed by atoms with E-state index in [0.717, 1.165) is 5.56 Å². The molecule has 0 atom stereocenters. The summed E-state index contributed by atoms with van der Waals surface area (Å²) in [6.07, 6.45) is 1.87. The summed E-state index contributed by atoms with van der Waals surface area (Å²) >= 11 is 5.87. The SMILES string of the molecule is CCC(=O)n1nc(-c2ccco2)nc1NCc1ccc(Cl)cc1. The van der Waals surface area contributed by atoms with Crippen LogP contribution in [0.15, 0.2) is 47.1 Å². The van der Waals surface area contributed by atoms with Crippen LogP contribution >= 0.6 is 11.6 Å². The van der Waals surface area contributed by atoms with Gasteiger partial charge in [-0.1, -0.05) is 30.7 Å². The van der Waals surface area contributed by atoms with Gasteiger partial charge in [-0.05, 0) is 29.8 Å². The molecular weight excluding hydrogens is 316 g/mol. The highest BCUT2D eigenvalue weighted by Crippen LogP contribution is 2.19. The smallest absolute Gasteiger partial charge is 0.249 e. The first-order valence-corrected chi connectivity index (χ1v) is 7.57. The second kappa shape index (κ2) is 6.66. The Morgan fingerprint density at radius 3 is 2.74 bits per heavy atom. The summed E-state index contributed by atoms with van der Waals surface area (Å²) in [5, 5.41) is 8.04. The van der Waals surface area contributed by atoms with Gasteiger partial charge in [0.25, 0.3) is 0 Å². The van der Waals surface area contributed by atoms with E-state index >= 15 is 0 Å². The van der Waals surface area contributed by atoms with Crippen molar-refractivity contribution < 1.29 is 9.21 Å². The minimum absolute atomic E-state index is 0.145. The molecule has 0 aliphatic heterocycles. The number of anilines is 1. The molecule has 1 N–H and O–H groups in total. The molecule has 0 amide bonds. The summed E-state index contributed by atoms with van der Waals surface area (Å²) in [6.45, 7) is 2.28. The van der Waals surface area contributed by atoms with E-state index in [1.807, 2.05) is 24.3 Å². The van der Waals surface area contributed by atoms with Crippen molar-refractivity contribution in [3.63, 3.8) is 0 Å². The number of furan rings is 1. The second-order valence-electron chi connectivity index (χ2n) is 4.88. The first-order valence-electron chi connectivity index (χ1n) is 7.20. The number of hydrogen-bond acceptors (Lipinski definition) is 5. The maximum absolute atomic E-state index is 12.0. The molecule has 2 aromatic heterocycles. The fraction of sp³-hybridized carbons (Fsp3) is 0.188. The van der Waals surface area contributed by atoms with Crippen molar-refractivity contribution in [2.45, 2.75) is 19.9 Å². The molecule has 3 rings (SSSR count). The standard InChI is InChI=1S/C16H15ClN4O2/c1-2-14(22)21-16(18-10-11-5-7-12(17)8-6-11)19-15(20-21)13-4-3-9-23-13/h3-9H,2,10H2,1H3,(H,18,19,20). The van der Waals surface area contributed by atoms with Gasteiger partial charge < -0.3 is 9.73 Å². The highest BCUT2D eigenvalue weighted by molar-refractivity contribution is 6.30. The fourth-order valence-electron chi connectivity index (χ4n) is 2.04. The number of aromatic nitrogens is 3. The van der Waals surface area contributed by atoms with Gasteiger partial charge in [0.1, 0.15) is 0 Å². The van der Waals surface area contributed by atoms with E-state index in [1.165, 1.54) is 4.68 Å². The molecule has 0 bridgehead atoms. The lowest BCUT2D eigenvalue weighted by molar-refractivity contribution is 0.0895. The van der Waals surface area contributed by atoms with Gasteiger partial charge >= 0.3 is 0 Å². The molecule has 7 heteroatoms. The maximum atomic E-state index is 12.0. The third-order valence-electron chi connectivity index (χ3n) is 3.25. The van der Waals surface area contributed by atoms with Crippen LogP contribution in [0.2, 0.25) is 5.02 Å². The summed E-state index contributed by atoms with van der Waals surface area (Å²) in [6, 6.07) is 10.9. The molecule has 0 spiro atoms. The number of carbonyl (C=O) groups excluding carboxylic acids is 1. The van der Waals surface area contributed by atoms with Crippen LogP contribution < -0.4 is 5.32 Å². The molecule has 2 heterocycles. The van der Waals surface area contributed by atoms with Gasteiger partial charge in [0.05, 0.1) is 6.26 Å². The number of hydrogen-bond donors (Lipinski definition) is 1. The van der Waals surface area contributed by atoms with Gasteiger partial charge in [-0.15, -0.1) is 5.10 Å². The summed E-state index contributed by atoms with van der Waals surface area (Å²) in [5.74, 6) is 1.13. The Kier molecular flexibility index (Phi) is 4.43. The third-order valence-corrected chi connectivity index (χ3v) is 3.50. The van der Waals surface area contributed by atoms with Gasteiger partial charge in [0.15, 0.2) is 5.76 Å². The Hall–Kier alpha value is -2.60. The molecule has 0 fully saturated rings. The van der Waals surface area contributed by atoms with Gasteiger partial charge in [-0.3, -0.25) is 4.79 Å². The highest BCUT2D eigenvalue weighted by atomic mass is 35.5. The minimum atomic E-state index is -0.145. The van der Waals surface area contributed by atoms with Crippen molar-refractivity contribution in [2.24, 2.45) is 0 Å². The molecule has 0 aliphatic carbocycles. The maximum Gasteiger partial charge on any atom is 0.249 e. The van der Waals surface area contributed by atoms with Crippen molar-refractivity contribution in [3.05, 3.63) is 53.2 Å². The molecule has 0 radical (unpaired) electrons. The van der Waals surface area contributed by atoms with E-state index in [2.05, 4.69) is 15.4 Å². The molecule has 0 saturated heterocycles. The average Bonchev–Trinajstić information content (AvgIpc) is 3.23. The number of rotatable bonds is 5. The monoisotopic (exact) mass is 330 g/mol. The quantitative estimate of drug-likeness (QED) is 0.769. The Morgan fingerprint density at radius 2 is 2.09 bits per heavy atom. The largest absolute Gasteiger partial charge is 0.461 e. The third kappa shape index (κ3) is 3.43. The first kappa shape index (κ1) is 15.3. The number of nitrogens with zero attached hydrogens (tertiary/aromatic N) is 3. The van der Waals surface area contributed by atoms with Crippen LogP contribution in [0.4, 0.5) is 5.95 Å². The molecular formula is C16H15ClN4O2. The van der Waals surface area contributed by atoms with Crippen molar-refractivity contribution >= 4 is 23.5 Å². The van der Waals surface area contributed by atoms with E-state index < -0.39 is 0 Å². The van der Waals surface area contributed by atoms with E-state index in [9.17, 15) is 4.79 Å². The summed E-state index contributed by atoms with van der Waals surface area (Å²) in [5.41, 5.74) is 1.02. The van der Waals surface area contributed by atoms with Gasteiger partial charge in [-0.25, -0.2) is 0 Å². The van der Waals surface area contributed by atoms with E-state index in [4.69, 9.17) is 16.0 Å². The van der Waals surface area contributed by atoms with Crippen molar-refractivity contribution in [3.8, 4) is 11.6 Å². The molecule has 0 unspecified atom stereocenters. The predicted molar refractivity (Wildman–Crippen MR) is 87.4 cm³/mol. The first-order chi connectivity index (χ1) is 11.2. The van der Waals surface area contributed by atoms with Crippen LogP contribution in [0.1, 0.15) is 23.7 Å². The molecule has 0 aliphatic rings. The van der Waals surface area contributed by atoms with E-state index in [1.54, 1.807) is 25.3 Å². The Labute approximate surface area is 138 Å². The average molecular weight is 331 g/mol. The van der Waals surface area contributed by atoms with Crippen LogP contribution in [-0.2, 0) is 6.54 Å². The van der Waals surface area contributed by atoms with Crippen LogP contribution in [0.3, 0.4) is 0 Å². The number of halogens is 1. The van der Waals surface area contributed by atoms with Crippen LogP contribution in [0, 0.1) is 0 Å². The van der Waals surface area contributed by atoms with Crippen LogP contribution in [0.5, 0.6) is 0 Å². The normalized spacial score (nSPS) is 10.7. The van der Waals surface area contributed by atoms with Crippen molar-refractivity contribution in [2.75, 3.05) is 5.32 Å². The zero-order chi connectivity index (χ0) is 16.2. The lowest BCUT2D eigenvalue weighted by atomic mass is 10.2. The second-order valence-corrected chi connectivity index (χ2v) is 5.31. The molecule has 1 aromatic carbocycles. The molecule has 23 heavy (non-hydrogen) atoms. The van der Waals surface area contributed by atoms with Gasteiger partial charge in [0, 0.05) is 18.0 Å². The highest BCUT2D eigenvalue weighted by Gasteiger charge is 2.17. The van der Waals surface area contributed by atoms with Crippen LogP contribution in [0.25, 0.3) is 11.6 Å². The Morgan fingerprint density at radius 1 is 1.30 bits per heavy atom.